The molecule has 4 aromatic rings. The molecule has 0 bridgehead atoms. The highest BCUT2D eigenvalue weighted by molar-refractivity contribution is 5.92. The summed E-state index contributed by atoms with van der Waals surface area (Å²) in [5, 5.41) is 3.38. The van der Waals surface area contributed by atoms with Crippen LogP contribution in [0, 0.1) is 0 Å². The molecular formula is C22H21N5O. The quantitative estimate of drug-likeness (QED) is 0.600. The van der Waals surface area contributed by atoms with Gasteiger partial charge in [0.25, 0.3) is 0 Å². The van der Waals surface area contributed by atoms with E-state index in [1.54, 1.807) is 6.92 Å². The van der Waals surface area contributed by atoms with Crippen molar-refractivity contribution in [1.82, 2.24) is 19.4 Å². The van der Waals surface area contributed by atoms with Crippen molar-refractivity contribution in [2.45, 2.75) is 19.4 Å². The minimum atomic E-state index is 0.109. The van der Waals surface area contributed by atoms with E-state index in [0.717, 1.165) is 23.0 Å². The smallest absolute Gasteiger partial charge is 0.219 e. The first-order chi connectivity index (χ1) is 13.6. The Bertz CT molecular complexity index is 1200. The summed E-state index contributed by atoms with van der Waals surface area (Å²) >= 11 is 0. The predicted molar refractivity (Wildman–Crippen MR) is 110 cm³/mol. The van der Waals surface area contributed by atoms with Crippen molar-refractivity contribution in [2.24, 2.45) is 0 Å². The van der Waals surface area contributed by atoms with Gasteiger partial charge in [0.2, 0.25) is 5.91 Å². The molecule has 5 rings (SSSR count). The van der Waals surface area contributed by atoms with Crippen LogP contribution in [0.5, 0.6) is 0 Å². The van der Waals surface area contributed by atoms with Crippen molar-refractivity contribution >= 4 is 33.5 Å². The van der Waals surface area contributed by atoms with Crippen LogP contribution in [0.15, 0.2) is 55.0 Å². The number of fused-ring (bicyclic) bond motifs is 2. The van der Waals surface area contributed by atoms with Crippen LogP contribution >= 0.6 is 0 Å². The molecule has 0 saturated carbocycles. The summed E-state index contributed by atoms with van der Waals surface area (Å²) in [6.07, 6.45) is 4.41. The van der Waals surface area contributed by atoms with E-state index in [9.17, 15) is 4.79 Å². The number of carbonyl (C=O) groups excluding carboxylic acids is 1. The van der Waals surface area contributed by atoms with Gasteiger partial charge in [-0.3, -0.25) is 4.79 Å². The fraction of sp³-hybridized carbons (Fsp3) is 0.227. The first kappa shape index (κ1) is 16.7. The maximum absolute atomic E-state index is 11.6. The van der Waals surface area contributed by atoms with E-state index in [4.69, 9.17) is 5.73 Å². The van der Waals surface area contributed by atoms with Gasteiger partial charge >= 0.3 is 0 Å². The van der Waals surface area contributed by atoms with Crippen LogP contribution in [0.4, 0.5) is 5.82 Å². The van der Waals surface area contributed by atoms with Gasteiger partial charge in [0, 0.05) is 32.6 Å². The van der Waals surface area contributed by atoms with Crippen LogP contribution in [-0.4, -0.2) is 38.4 Å². The van der Waals surface area contributed by atoms with Crippen LogP contribution in [-0.2, 0) is 11.2 Å². The van der Waals surface area contributed by atoms with E-state index < -0.39 is 0 Å². The number of rotatable bonds is 3. The number of nitrogens with two attached hydrogens (primary N) is 1. The Morgan fingerprint density at radius 1 is 1.11 bits per heavy atom. The predicted octanol–water partition coefficient (Wildman–Crippen LogP) is 3.16. The Labute approximate surface area is 162 Å². The second-order valence-corrected chi connectivity index (χ2v) is 7.41. The summed E-state index contributed by atoms with van der Waals surface area (Å²) in [5.74, 6) is 0.611. The molecule has 2 N–H and O–H groups in total. The van der Waals surface area contributed by atoms with Gasteiger partial charge in [-0.15, -0.1) is 0 Å². The molecule has 3 heterocycles. The zero-order chi connectivity index (χ0) is 19.3. The second kappa shape index (κ2) is 6.34. The van der Waals surface area contributed by atoms with Crippen LogP contribution in [0.25, 0.3) is 21.8 Å². The number of amides is 1. The summed E-state index contributed by atoms with van der Waals surface area (Å²) in [6.45, 7) is 3.02. The molecule has 0 aliphatic carbocycles. The SMILES string of the molecule is CC(=O)N1CC(n2cc(Cc3cccc4ccccc34)c3c(N)ncnc32)C1. The largest absolute Gasteiger partial charge is 0.383 e. The fourth-order valence-electron chi connectivity index (χ4n) is 4.14. The lowest BCUT2D eigenvalue weighted by Crippen LogP contribution is -2.49. The summed E-state index contributed by atoms with van der Waals surface area (Å²) in [5.41, 5.74) is 9.45. The third kappa shape index (κ3) is 2.60. The lowest BCUT2D eigenvalue weighted by molar-refractivity contribution is -0.134. The third-order valence-electron chi connectivity index (χ3n) is 5.68. The lowest BCUT2D eigenvalue weighted by Gasteiger charge is -2.39. The Morgan fingerprint density at radius 2 is 1.89 bits per heavy atom. The normalized spacial score (nSPS) is 14.5. The average molecular weight is 371 g/mol. The molecule has 0 atom stereocenters. The number of anilines is 1. The molecule has 1 saturated heterocycles. The van der Waals surface area contributed by atoms with Gasteiger partial charge in [-0.05, 0) is 21.9 Å². The highest BCUT2D eigenvalue weighted by Gasteiger charge is 2.31. The van der Waals surface area contributed by atoms with Gasteiger partial charge in [0.15, 0.2) is 0 Å². The van der Waals surface area contributed by atoms with Crippen molar-refractivity contribution in [2.75, 3.05) is 18.8 Å². The maximum Gasteiger partial charge on any atom is 0.219 e. The van der Waals surface area contributed by atoms with E-state index in [0.29, 0.717) is 18.9 Å². The van der Waals surface area contributed by atoms with E-state index in [2.05, 4.69) is 63.2 Å². The van der Waals surface area contributed by atoms with Gasteiger partial charge in [-0.1, -0.05) is 42.5 Å². The number of hydrogen-bond donors (Lipinski definition) is 1. The minimum Gasteiger partial charge on any atom is -0.383 e. The summed E-state index contributed by atoms with van der Waals surface area (Å²) in [7, 11) is 0. The Balaban J connectivity index is 1.59. The number of likely N-dealkylation sites (tertiary alicyclic amines) is 1. The van der Waals surface area contributed by atoms with Crippen molar-refractivity contribution in [3.8, 4) is 0 Å². The third-order valence-corrected chi connectivity index (χ3v) is 5.68. The summed E-state index contributed by atoms with van der Waals surface area (Å²) < 4.78 is 2.16. The monoisotopic (exact) mass is 371 g/mol. The van der Waals surface area contributed by atoms with Crippen molar-refractivity contribution in [1.29, 1.82) is 0 Å². The molecule has 2 aromatic carbocycles. The lowest BCUT2D eigenvalue weighted by atomic mass is 9.98. The zero-order valence-electron chi connectivity index (χ0n) is 15.7. The number of benzene rings is 2. The number of nitrogen functional groups attached to an aromatic ring is 1. The van der Waals surface area contributed by atoms with Crippen molar-refractivity contribution < 1.29 is 4.79 Å². The number of hydrogen-bond acceptors (Lipinski definition) is 4. The van der Waals surface area contributed by atoms with Crippen molar-refractivity contribution in [3.05, 3.63) is 66.1 Å². The van der Waals surface area contributed by atoms with Gasteiger partial charge in [-0.25, -0.2) is 9.97 Å². The Morgan fingerprint density at radius 3 is 2.71 bits per heavy atom. The Hall–Kier alpha value is -3.41. The van der Waals surface area contributed by atoms with E-state index in [1.165, 1.54) is 22.7 Å². The molecule has 6 heteroatoms. The van der Waals surface area contributed by atoms with Crippen LogP contribution < -0.4 is 5.73 Å². The minimum absolute atomic E-state index is 0.109. The molecule has 6 nitrogen and oxygen atoms in total. The van der Waals surface area contributed by atoms with E-state index in [1.807, 2.05) is 4.90 Å². The summed E-state index contributed by atoms with van der Waals surface area (Å²) in [6, 6.07) is 15.0. The zero-order valence-corrected chi connectivity index (χ0v) is 15.7. The number of carbonyl (C=O) groups is 1. The first-order valence-corrected chi connectivity index (χ1v) is 9.44. The summed E-state index contributed by atoms with van der Waals surface area (Å²) in [4.78, 5) is 22.1. The Kier molecular flexibility index (Phi) is 3.79. The highest BCUT2D eigenvalue weighted by atomic mass is 16.2. The molecule has 2 aromatic heterocycles. The van der Waals surface area contributed by atoms with Gasteiger partial charge in [0.1, 0.15) is 17.8 Å². The van der Waals surface area contributed by atoms with Gasteiger partial charge < -0.3 is 15.2 Å². The van der Waals surface area contributed by atoms with Crippen LogP contribution in [0.2, 0.25) is 0 Å². The molecular weight excluding hydrogens is 350 g/mol. The van der Waals surface area contributed by atoms with Crippen LogP contribution in [0.1, 0.15) is 24.1 Å². The van der Waals surface area contributed by atoms with Gasteiger partial charge in [0.05, 0.1) is 11.4 Å². The van der Waals surface area contributed by atoms with E-state index in [-0.39, 0.29) is 11.9 Å². The molecule has 0 spiro atoms. The van der Waals surface area contributed by atoms with E-state index >= 15 is 0 Å². The number of aromatic nitrogens is 3. The molecule has 0 radical (unpaired) electrons. The van der Waals surface area contributed by atoms with Crippen LogP contribution in [0.3, 0.4) is 0 Å². The average Bonchev–Trinajstić information content (AvgIpc) is 3.00. The second-order valence-electron chi connectivity index (χ2n) is 7.41. The molecule has 1 aliphatic rings. The maximum atomic E-state index is 11.6. The topological polar surface area (TPSA) is 77.0 Å². The molecule has 1 aliphatic heterocycles. The highest BCUT2D eigenvalue weighted by Crippen LogP contribution is 2.33. The molecule has 1 fully saturated rings. The molecule has 28 heavy (non-hydrogen) atoms. The standard InChI is InChI=1S/C22H21N5O/c1-14(28)26-11-18(12-26)27-10-17(20-21(23)24-13-25-22(20)27)9-16-7-4-6-15-5-2-3-8-19(15)16/h2-8,10,13,18H,9,11-12H2,1H3,(H2,23,24,25). The fourth-order valence-corrected chi connectivity index (χ4v) is 4.14. The molecule has 140 valence electrons. The van der Waals surface area contributed by atoms with Gasteiger partial charge in [-0.2, -0.15) is 0 Å². The van der Waals surface area contributed by atoms with Crippen molar-refractivity contribution in [3.63, 3.8) is 0 Å². The molecule has 0 unspecified atom stereocenters. The molecule has 1 amide bonds. The number of nitrogens with zero attached hydrogens (tertiary/aromatic N) is 4. The first-order valence-electron chi connectivity index (χ1n) is 9.44.